The van der Waals surface area contributed by atoms with E-state index in [1.807, 2.05) is 67.6 Å². The quantitative estimate of drug-likeness (QED) is 0.697. The summed E-state index contributed by atoms with van der Waals surface area (Å²) >= 11 is 0. The predicted octanol–water partition coefficient (Wildman–Crippen LogP) is 4.24. The van der Waals surface area contributed by atoms with Crippen LogP contribution in [0.4, 0.5) is 0 Å². The van der Waals surface area contributed by atoms with Crippen molar-refractivity contribution in [1.82, 2.24) is 9.88 Å². The number of Topliss-reactive ketones (excluding diaryl/α,β-unsaturated/α-hetero) is 1. The van der Waals surface area contributed by atoms with E-state index in [0.717, 1.165) is 5.56 Å². The van der Waals surface area contributed by atoms with Gasteiger partial charge in [-0.3, -0.25) is 19.0 Å². The largest absolute Gasteiger partial charge is 0.345 e. The fourth-order valence-corrected chi connectivity index (χ4v) is 4.05. The van der Waals surface area contributed by atoms with Gasteiger partial charge in [0.05, 0.1) is 6.04 Å². The van der Waals surface area contributed by atoms with E-state index in [9.17, 15) is 14.4 Å². The molecular weight excluding hydrogens is 376 g/mol. The summed E-state index contributed by atoms with van der Waals surface area (Å²) in [5.41, 5.74) is 2.41. The molecule has 2 aromatic carbocycles. The minimum Gasteiger partial charge on any atom is -0.345 e. The molecule has 1 heterocycles. The first-order chi connectivity index (χ1) is 14.6. The Morgan fingerprint density at radius 2 is 1.67 bits per heavy atom. The van der Waals surface area contributed by atoms with E-state index in [1.54, 1.807) is 0 Å². The summed E-state index contributed by atoms with van der Waals surface area (Å²) in [7, 11) is 0. The number of hydrogen-bond donors (Lipinski definition) is 1. The molecule has 3 aromatic rings. The Morgan fingerprint density at radius 3 is 2.33 bits per heavy atom. The summed E-state index contributed by atoms with van der Waals surface area (Å²) in [6, 6.07) is 20.1. The highest BCUT2D eigenvalue weighted by molar-refractivity contribution is 6.02. The molecule has 30 heavy (non-hydrogen) atoms. The van der Waals surface area contributed by atoms with Crippen LogP contribution in [0.15, 0.2) is 71.5 Å². The third-order valence-electron chi connectivity index (χ3n) is 5.60. The molecule has 1 aliphatic carbocycles. The van der Waals surface area contributed by atoms with Gasteiger partial charge < -0.3 is 5.32 Å². The standard InChI is InChI=1S/C25H24N2O3/c1-2-21(17-10-5-3-6-11-17)26-24(29)20-16-19-22(14-9-15-23(19)28)27(25(20)30)18-12-7-4-8-13-18/h3-8,10-13,16,21H,2,9,14-15H2,1H3,(H,26,29). The number of carbonyl (C=O) groups excluding carboxylic acids is 2. The zero-order chi connectivity index (χ0) is 21.1. The van der Waals surface area contributed by atoms with Gasteiger partial charge >= 0.3 is 0 Å². The lowest BCUT2D eigenvalue weighted by Crippen LogP contribution is -2.37. The summed E-state index contributed by atoms with van der Waals surface area (Å²) in [6.45, 7) is 1.98. The molecule has 0 aliphatic heterocycles. The third-order valence-corrected chi connectivity index (χ3v) is 5.60. The maximum Gasteiger partial charge on any atom is 0.268 e. The SMILES string of the molecule is CCC(NC(=O)c1cc2c(n(-c3ccccc3)c1=O)CCCC2=O)c1ccccc1. The molecule has 0 fully saturated rings. The molecule has 0 spiro atoms. The lowest BCUT2D eigenvalue weighted by molar-refractivity contribution is 0.0933. The Bertz CT molecular complexity index is 1130. The molecular formula is C25H24N2O3. The predicted molar refractivity (Wildman–Crippen MR) is 116 cm³/mol. The summed E-state index contributed by atoms with van der Waals surface area (Å²) < 4.78 is 1.53. The highest BCUT2D eigenvalue weighted by Crippen LogP contribution is 2.24. The first-order valence-electron chi connectivity index (χ1n) is 10.3. The minimum absolute atomic E-state index is 0.00207. The maximum absolute atomic E-state index is 13.4. The third kappa shape index (κ3) is 3.71. The van der Waals surface area contributed by atoms with Crippen molar-refractivity contribution in [3.05, 3.63) is 99.5 Å². The van der Waals surface area contributed by atoms with Crippen molar-refractivity contribution >= 4 is 11.7 Å². The lowest BCUT2D eigenvalue weighted by Gasteiger charge is -2.22. The van der Waals surface area contributed by atoms with E-state index in [-0.39, 0.29) is 17.4 Å². The van der Waals surface area contributed by atoms with Crippen molar-refractivity contribution < 1.29 is 9.59 Å². The number of ketones is 1. The molecule has 1 N–H and O–H groups in total. The van der Waals surface area contributed by atoms with E-state index in [0.29, 0.717) is 42.6 Å². The number of nitrogens with one attached hydrogen (secondary N) is 1. The van der Waals surface area contributed by atoms with Gasteiger partial charge in [-0.1, -0.05) is 55.5 Å². The summed E-state index contributed by atoms with van der Waals surface area (Å²) in [6.07, 6.45) is 2.46. The number of pyridine rings is 1. The average molecular weight is 400 g/mol. The minimum atomic E-state index is -0.457. The second-order valence-corrected chi connectivity index (χ2v) is 7.52. The highest BCUT2D eigenvalue weighted by atomic mass is 16.2. The number of carbonyl (C=O) groups is 2. The zero-order valence-electron chi connectivity index (χ0n) is 16.9. The molecule has 1 amide bonds. The monoisotopic (exact) mass is 400 g/mol. The number of hydrogen-bond acceptors (Lipinski definition) is 3. The van der Waals surface area contributed by atoms with E-state index < -0.39 is 11.5 Å². The van der Waals surface area contributed by atoms with Gasteiger partial charge in [0.2, 0.25) is 0 Å². The van der Waals surface area contributed by atoms with Crippen molar-refractivity contribution in [3.63, 3.8) is 0 Å². The van der Waals surface area contributed by atoms with Crippen LogP contribution in [0.1, 0.15) is 64.2 Å². The van der Waals surface area contributed by atoms with Crippen LogP contribution in [0.2, 0.25) is 0 Å². The van der Waals surface area contributed by atoms with E-state index >= 15 is 0 Å². The fourth-order valence-electron chi connectivity index (χ4n) is 4.05. The first kappa shape index (κ1) is 19.8. The molecule has 0 saturated carbocycles. The van der Waals surface area contributed by atoms with Gasteiger partial charge in [-0.05, 0) is 43.0 Å². The van der Waals surface area contributed by atoms with Crippen LogP contribution in [-0.4, -0.2) is 16.3 Å². The smallest absolute Gasteiger partial charge is 0.268 e. The lowest BCUT2D eigenvalue weighted by atomic mass is 9.92. The van der Waals surface area contributed by atoms with Crippen LogP contribution in [0, 0.1) is 0 Å². The van der Waals surface area contributed by atoms with Crippen LogP contribution in [-0.2, 0) is 6.42 Å². The van der Waals surface area contributed by atoms with Gasteiger partial charge in [0.15, 0.2) is 5.78 Å². The highest BCUT2D eigenvalue weighted by Gasteiger charge is 2.27. The molecule has 0 radical (unpaired) electrons. The Balaban J connectivity index is 1.80. The van der Waals surface area contributed by atoms with Gasteiger partial charge in [0, 0.05) is 23.4 Å². The van der Waals surface area contributed by atoms with Crippen molar-refractivity contribution in [1.29, 1.82) is 0 Å². The molecule has 0 bridgehead atoms. The Morgan fingerprint density at radius 1 is 1.00 bits per heavy atom. The Kier molecular flexibility index (Phi) is 5.61. The second kappa shape index (κ2) is 8.49. The normalized spacial score (nSPS) is 14.1. The van der Waals surface area contributed by atoms with Crippen LogP contribution in [0.5, 0.6) is 0 Å². The Hall–Kier alpha value is -3.47. The second-order valence-electron chi connectivity index (χ2n) is 7.52. The van der Waals surface area contributed by atoms with E-state index in [4.69, 9.17) is 0 Å². The Labute approximate surface area is 175 Å². The maximum atomic E-state index is 13.4. The van der Waals surface area contributed by atoms with Crippen LogP contribution < -0.4 is 10.9 Å². The topological polar surface area (TPSA) is 68.2 Å². The van der Waals surface area contributed by atoms with E-state index in [2.05, 4.69) is 5.32 Å². The summed E-state index contributed by atoms with van der Waals surface area (Å²) in [4.78, 5) is 39.1. The number of rotatable bonds is 5. The fraction of sp³-hybridized carbons (Fsp3) is 0.240. The molecule has 4 rings (SSSR count). The van der Waals surface area contributed by atoms with E-state index in [1.165, 1.54) is 10.6 Å². The molecule has 1 atom stereocenters. The zero-order valence-corrected chi connectivity index (χ0v) is 16.9. The summed E-state index contributed by atoms with van der Waals surface area (Å²) in [5, 5.41) is 2.98. The first-order valence-corrected chi connectivity index (χ1v) is 10.3. The number of benzene rings is 2. The number of nitrogens with zero attached hydrogens (tertiary/aromatic N) is 1. The van der Waals surface area contributed by atoms with Gasteiger partial charge in [0.1, 0.15) is 5.56 Å². The van der Waals surface area contributed by atoms with Crippen LogP contribution >= 0.6 is 0 Å². The number of para-hydroxylation sites is 1. The van der Waals surface area contributed by atoms with Crippen molar-refractivity contribution in [3.8, 4) is 5.69 Å². The average Bonchev–Trinajstić information content (AvgIpc) is 2.78. The molecule has 0 saturated heterocycles. The summed E-state index contributed by atoms with van der Waals surface area (Å²) in [5.74, 6) is -0.480. The number of aromatic nitrogens is 1. The van der Waals surface area contributed by atoms with Gasteiger partial charge in [-0.25, -0.2) is 0 Å². The molecule has 152 valence electrons. The molecule has 1 unspecified atom stereocenters. The van der Waals surface area contributed by atoms with Crippen molar-refractivity contribution in [2.45, 2.75) is 38.6 Å². The molecule has 1 aromatic heterocycles. The van der Waals surface area contributed by atoms with Gasteiger partial charge in [-0.2, -0.15) is 0 Å². The number of amides is 1. The van der Waals surface area contributed by atoms with Crippen molar-refractivity contribution in [2.24, 2.45) is 0 Å². The van der Waals surface area contributed by atoms with Crippen LogP contribution in [0.3, 0.4) is 0 Å². The van der Waals surface area contributed by atoms with Gasteiger partial charge in [0.25, 0.3) is 11.5 Å². The van der Waals surface area contributed by atoms with Crippen LogP contribution in [0.25, 0.3) is 5.69 Å². The molecule has 1 aliphatic rings. The van der Waals surface area contributed by atoms with Crippen molar-refractivity contribution in [2.75, 3.05) is 0 Å². The number of fused-ring (bicyclic) bond motifs is 1. The molecule has 5 nitrogen and oxygen atoms in total. The molecule has 5 heteroatoms. The van der Waals surface area contributed by atoms with Gasteiger partial charge in [-0.15, -0.1) is 0 Å².